The molecule has 6 heteroatoms. The molecule has 0 N–H and O–H groups in total. The summed E-state index contributed by atoms with van der Waals surface area (Å²) in [6, 6.07) is 7.47. The van der Waals surface area contributed by atoms with E-state index in [1.165, 1.54) is 0 Å². The van der Waals surface area contributed by atoms with E-state index in [9.17, 15) is 9.59 Å². The van der Waals surface area contributed by atoms with Crippen molar-refractivity contribution in [3.05, 3.63) is 35.9 Å². The van der Waals surface area contributed by atoms with Crippen LogP contribution in [0.15, 0.2) is 30.3 Å². The van der Waals surface area contributed by atoms with Crippen LogP contribution in [0.25, 0.3) is 5.57 Å². The quantitative estimate of drug-likeness (QED) is 0.725. The number of rotatable bonds is 4. The minimum absolute atomic E-state index is 0.279. The molecule has 0 spiro atoms. The number of esters is 1. The van der Waals surface area contributed by atoms with Crippen molar-refractivity contribution < 1.29 is 23.8 Å². The standard InChI is InChI=1S/C22H29NO5/c1-6-26-19-13-15-14-10-8-9-11-17(14)23(21(25)28-22(3,4)5)18(15)12-16(19)20(24)27-7-2/h8-11,13,16,18-19H,6-7,12H2,1-5H3/t16-,18-,19-/m1/s1. The number of carbonyl (C=O) groups is 2. The molecule has 0 unspecified atom stereocenters. The number of ether oxygens (including phenoxy) is 3. The Hall–Kier alpha value is -2.34. The van der Waals surface area contributed by atoms with Gasteiger partial charge >= 0.3 is 12.1 Å². The molecule has 1 heterocycles. The normalized spacial score (nSPS) is 23.5. The second kappa shape index (κ2) is 7.95. The molecule has 1 amide bonds. The third-order valence-electron chi connectivity index (χ3n) is 4.90. The Morgan fingerprint density at radius 3 is 2.50 bits per heavy atom. The average Bonchev–Trinajstić information content (AvgIpc) is 2.94. The highest BCUT2D eigenvalue weighted by Gasteiger charge is 2.47. The van der Waals surface area contributed by atoms with Gasteiger partial charge in [-0.15, -0.1) is 0 Å². The SMILES string of the molecule is CCOC(=O)[C@@H]1C[C@@H]2C(=C[C@H]1OCC)c1ccccc1N2C(=O)OC(C)(C)C. The number of carbonyl (C=O) groups excluding carboxylic acids is 2. The van der Waals surface area contributed by atoms with Gasteiger partial charge in [0.25, 0.3) is 0 Å². The summed E-state index contributed by atoms with van der Waals surface area (Å²) in [5.74, 6) is -0.760. The number of hydrogen-bond acceptors (Lipinski definition) is 5. The number of nitrogens with zero attached hydrogens (tertiary/aromatic N) is 1. The lowest BCUT2D eigenvalue weighted by atomic mass is 9.82. The van der Waals surface area contributed by atoms with E-state index in [2.05, 4.69) is 0 Å². The highest BCUT2D eigenvalue weighted by molar-refractivity contribution is 6.02. The van der Waals surface area contributed by atoms with Crippen LogP contribution in [0.2, 0.25) is 0 Å². The third kappa shape index (κ3) is 3.92. The van der Waals surface area contributed by atoms with E-state index in [0.717, 1.165) is 16.8 Å². The van der Waals surface area contributed by atoms with Crippen LogP contribution in [0.5, 0.6) is 0 Å². The predicted molar refractivity (Wildman–Crippen MR) is 107 cm³/mol. The number of fused-ring (bicyclic) bond motifs is 3. The van der Waals surface area contributed by atoms with Crippen molar-refractivity contribution in [1.82, 2.24) is 0 Å². The smallest absolute Gasteiger partial charge is 0.415 e. The highest BCUT2D eigenvalue weighted by Crippen LogP contribution is 2.47. The van der Waals surface area contributed by atoms with E-state index in [0.29, 0.717) is 19.6 Å². The van der Waals surface area contributed by atoms with Gasteiger partial charge in [0.05, 0.1) is 30.4 Å². The second-order valence-electron chi connectivity index (χ2n) is 8.02. The zero-order chi connectivity index (χ0) is 20.5. The number of amides is 1. The fraction of sp³-hybridized carbons (Fsp3) is 0.545. The van der Waals surface area contributed by atoms with Crippen LogP contribution in [-0.4, -0.2) is 43.0 Å². The largest absolute Gasteiger partial charge is 0.466 e. The predicted octanol–water partition coefficient (Wildman–Crippen LogP) is 4.18. The van der Waals surface area contributed by atoms with Crippen molar-refractivity contribution >= 4 is 23.3 Å². The molecule has 0 fully saturated rings. The maximum absolute atomic E-state index is 13.0. The van der Waals surface area contributed by atoms with E-state index in [1.807, 2.05) is 58.0 Å². The van der Waals surface area contributed by atoms with Crippen molar-refractivity contribution in [1.29, 1.82) is 0 Å². The minimum Gasteiger partial charge on any atom is -0.466 e. The van der Waals surface area contributed by atoms with E-state index in [1.54, 1.807) is 11.8 Å². The first-order chi connectivity index (χ1) is 13.3. The van der Waals surface area contributed by atoms with Crippen molar-refractivity contribution in [3.63, 3.8) is 0 Å². The van der Waals surface area contributed by atoms with Crippen molar-refractivity contribution in [2.45, 2.75) is 58.8 Å². The molecule has 152 valence electrons. The van der Waals surface area contributed by atoms with E-state index in [-0.39, 0.29) is 18.1 Å². The maximum Gasteiger partial charge on any atom is 0.415 e. The first-order valence-electron chi connectivity index (χ1n) is 9.88. The Balaban J connectivity index is 2.02. The van der Waals surface area contributed by atoms with Gasteiger partial charge in [0.1, 0.15) is 5.60 Å². The van der Waals surface area contributed by atoms with Gasteiger partial charge in [-0.25, -0.2) is 4.79 Å². The maximum atomic E-state index is 13.0. The molecular weight excluding hydrogens is 358 g/mol. The molecule has 3 rings (SSSR count). The minimum atomic E-state index is -0.610. The number of anilines is 1. The molecule has 28 heavy (non-hydrogen) atoms. The Kier molecular flexibility index (Phi) is 5.79. The van der Waals surface area contributed by atoms with Gasteiger partial charge in [-0.1, -0.05) is 18.2 Å². The summed E-state index contributed by atoms with van der Waals surface area (Å²) < 4.78 is 16.8. The van der Waals surface area contributed by atoms with Gasteiger partial charge in [0.15, 0.2) is 0 Å². The van der Waals surface area contributed by atoms with Crippen LogP contribution in [-0.2, 0) is 19.0 Å². The fourth-order valence-electron chi connectivity index (χ4n) is 3.89. The second-order valence-corrected chi connectivity index (χ2v) is 8.02. The Morgan fingerprint density at radius 2 is 1.86 bits per heavy atom. The molecule has 1 aromatic rings. The van der Waals surface area contributed by atoms with Crippen molar-refractivity contribution in [2.24, 2.45) is 5.92 Å². The topological polar surface area (TPSA) is 65.1 Å². The summed E-state index contributed by atoms with van der Waals surface area (Å²) in [6.45, 7) is 10.0. The van der Waals surface area contributed by atoms with Crippen LogP contribution in [0, 0.1) is 5.92 Å². The molecule has 1 aromatic carbocycles. The van der Waals surface area contributed by atoms with Gasteiger partial charge in [-0.05, 0) is 58.8 Å². The zero-order valence-electron chi connectivity index (χ0n) is 17.2. The van der Waals surface area contributed by atoms with Crippen molar-refractivity contribution in [3.8, 4) is 0 Å². The van der Waals surface area contributed by atoms with E-state index >= 15 is 0 Å². The molecule has 0 radical (unpaired) electrons. The summed E-state index contributed by atoms with van der Waals surface area (Å²) in [6.07, 6.45) is 1.62. The van der Waals surface area contributed by atoms with Crippen LogP contribution in [0.1, 0.15) is 46.6 Å². The van der Waals surface area contributed by atoms with Crippen LogP contribution in [0.3, 0.4) is 0 Å². The van der Waals surface area contributed by atoms with Gasteiger partial charge in [-0.3, -0.25) is 9.69 Å². The number of hydrogen-bond donors (Lipinski definition) is 0. The first-order valence-corrected chi connectivity index (χ1v) is 9.88. The highest BCUT2D eigenvalue weighted by atomic mass is 16.6. The van der Waals surface area contributed by atoms with Crippen LogP contribution < -0.4 is 4.90 Å². The third-order valence-corrected chi connectivity index (χ3v) is 4.90. The Bertz CT molecular complexity index is 779. The van der Waals surface area contributed by atoms with E-state index in [4.69, 9.17) is 14.2 Å². The summed E-state index contributed by atoms with van der Waals surface area (Å²) >= 11 is 0. The zero-order valence-corrected chi connectivity index (χ0v) is 17.2. The van der Waals surface area contributed by atoms with Crippen LogP contribution >= 0.6 is 0 Å². The summed E-state index contributed by atoms with van der Waals surface area (Å²) in [5, 5.41) is 0. The lowest BCUT2D eigenvalue weighted by molar-refractivity contribution is -0.152. The molecule has 1 aliphatic heterocycles. The van der Waals surface area contributed by atoms with Gasteiger partial charge in [0.2, 0.25) is 0 Å². The monoisotopic (exact) mass is 387 g/mol. The lowest BCUT2D eigenvalue weighted by Gasteiger charge is -2.35. The Labute approximate surface area is 166 Å². The fourth-order valence-corrected chi connectivity index (χ4v) is 3.89. The summed E-state index contributed by atoms with van der Waals surface area (Å²) in [7, 11) is 0. The molecule has 0 saturated heterocycles. The van der Waals surface area contributed by atoms with Gasteiger partial charge in [-0.2, -0.15) is 0 Å². The molecule has 6 nitrogen and oxygen atoms in total. The van der Waals surface area contributed by atoms with Gasteiger partial charge < -0.3 is 14.2 Å². The van der Waals surface area contributed by atoms with Crippen LogP contribution in [0.4, 0.5) is 10.5 Å². The van der Waals surface area contributed by atoms with Crippen molar-refractivity contribution in [2.75, 3.05) is 18.1 Å². The molecule has 3 atom stereocenters. The molecular formula is C22H29NO5. The lowest BCUT2D eigenvalue weighted by Crippen LogP contribution is -2.46. The summed E-state index contributed by atoms with van der Waals surface area (Å²) in [4.78, 5) is 27.3. The average molecular weight is 387 g/mol. The first kappa shape index (κ1) is 20.4. The number of benzene rings is 1. The Morgan fingerprint density at radius 1 is 1.14 bits per heavy atom. The number of para-hydroxylation sites is 1. The summed E-state index contributed by atoms with van der Waals surface area (Å²) in [5.41, 5.74) is 2.17. The molecule has 0 saturated carbocycles. The molecule has 2 aliphatic rings. The molecule has 0 aromatic heterocycles. The molecule has 0 bridgehead atoms. The molecule has 1 aliphatic carbocycles. The van der Waals surface area contributed by atoms with E-state index < -0.39 is 17.6 Å². The van der Waals surface area contributed by atoms with Gasteiger partial charge in [0, 0.05) is 12.2 Å².